The second-order valence-electron chi connectivity index (χ2n) is 4.61. The van der Waals surface area contributed by atoms with E-state index in [2.05, 4.69) is 20.0 Å². The lowest BCUT2D eigenvalue weighted by Gasteiger charge is -2.40. The normalized spacial score (nSPS) is 15.8. The summed E-state index contributed by atoms with van der Waals surface area (Å²) in [5, 5.41) is 4.88. The van der Waals surface area contributed by atoms with Crippen LogP contribution in [0.4, 0.5) is 5.82 Å². The van der Waals surface area contributed by atoms with Gasteiger partial charge in [-0.05, 0) is 13.0 Å². The Morgan fingerprint density at radius 1 is 1.44 bits per heavy atom. The summed E-state index contributed by atoms with van der Waals surface area (Å²) in [5.74, 6) is 2.43. The molecule has 0 N–H and O–H groups in total. The van der Waals surface area contributed by atoms with E-state index in [9.17, 15) is 0 Å². The number of hydrogen-bond donors (Lipinski definition) is 0. The summed E-state index contributed by atoms with van der Waals surface area (Å²) in [5.41, 5.74) is 0. The molecular weight excluding hydrogens is 250 g/mol. The van der Waals surface area contributed by atoms with Gasteiger partial charge in [0, 0.05) is 37.9 Å². The van der Waals surface area contributed by atoms with Crippen LogP contribution in [-0.4, -0.2) is 32.8 Å². The van der Waals surface area contributed by atoms with Crippen molar-refractivity contribution in [1.82, 2.24) is 19.7 Å². The zero-order chi connectivity index (χ0) is 12.5. The number of nitrogens with zero attached hydrogens (tertiary/aromatic N) is 5. The van der Waals surface area contributed by atoms with E-state index in [0.717, 1.165) is 31.3 Å². The third-order valence-corrected chi connectivity index (χ3v) is 3.28. The maximum atomic E-state index is 5.84. The molecule has 0 saturated carbocycles. The van der Waals surface area contributed by atoms with Gasteiger partial charge < -0.3 is 4.90 Å². The highest BCUT2D eigenvalue weighted by Crippen LogP contribution is 2.23. The van der Waals surface area contributed by atoms with Crippen molar-refractivity contribution in [2.24, 2.45) is 5.92 Å². The average molecular weight is 264 g/mol. The summed E-state index contributed by atoms with van der Waals surface area (Å²) in [6, 6.07) is 1.95. The first-order valence-electron chi connectivity index (χ1n) is 5.93. The molecule has 0 aliphatic carbocycles. The highest BCUT2D eigenvalue weighted by molar-refractivity contribution is 6.30. The van der Waals surface area contributed by atoms with E-state index in [1.807, 2.05) is 23.9 Å². The van der Waals surface area contributed by atoms with Crippen molar-refractivity contribution in [3.63, 3.8) is 0 Å². The van der Waals surface area contributed by atoms with E-state index >= 15 is 0 Å². The standard InChI is InChI=1S/C12H14ClN5/c1-9-14-3-2-12(16-9)17-5-10(6-17)7-18-8-11(13)4-15-18/h2-4,8,10H,5-7H2,1H3. The largest absolute Gasteiger partial charge is 0.356 e. The summed E-state index contributed by atoms with van der Waals surface area (Å²) in [6.07, 6.45) is 5.34. The minimum Gasteiger partial charge on any atom is -0.356 e. The number of halogens is 1. The highest BCUT2D eigenvalue weighted by atomic mass is 35.5. The molecular formula is C12H14ClN5. The van der Waals surface area contributed by atoms with Gasteiger partial charge in [-0.3, -0.25) is 4.68 Å². The van der Waals surface area contributed by atoms with Crippen LogP contribution in [-0.2, 0) is 6.54 Å². The van der Waals surface area contributed by atoms with Crippen LogP contribution in [0.25, 0.3) is 0 Å². The molecule has 3 heterocycles. The van der Waals surface area contributed by atoms with E-state index < -0.39 is 0 Å². The van der Waals surface area contributed by atoms with Crippen LogP contribution in [0.2, 0.25) is 5.02 Å². The third-order valence-electron chi connectivity index (χ3n) is 3.09. The van der Waals surface area contributed by atoms with Crippen molar-refractivity contribution < 1.29 is 0 Å². The van der Waals surface area contributed by atoms with E-state index in [1.165, 1.54) is 0 Å². The van der Waals surface area contributed by atoms with Crippen molar-refractivity contribution in [2.45, 2.75) is 13.5 Å². The quantitative estimate of drug-likeness (QED) is 0.847. The van der Waals surface area contributed by atoms with Crippen molar-refractivity contribution >= 4 is 17.4 Å². The lowest BCUT2D eigenvalue weighted by Crippen LogP contribution is -2.49. The Balaban J connectivity index is 1.57. The Morgan fingerprint density at radius 3 is 2.94 bits per heavy atom. The van der Waals surface area contributed by atoms with Crippen LogP contribution < -0.4 is 4.90 Å². The maximum Gasteiger partial charge on any atom is 0.132 e. The van der Waals surface area contributed by atoms with E-state index in [1.54, 1.807) is 12.4 Å². The number of hydrogen-bond acceptors (Lipinski definition) is 4. The van der Waals surface area contributed by atoms with Gasteiger partial charge in [0.15, 0.2) is 0 Å². The van der Waals surface area contributed by atoms with Gasteiger partial charge in [0.25, 0.3) is 0 Å². The lowest BCUT2D eigenvalue weighted by atomic mass is 10.0. The zero-order valence-corrected chi connectivity index (χ0v) is 10.9. The molecule has 2 aromatic rings. The van der Waals surface area contributed by atoms with Crippen LogP contribution in [0.15, 0.2) is 24.7 Å². The summed E-state index contributed by atoms with van der Waals surface area (Å²) in [7, 11) is 0. The predicted molar refractivity (Wildman–Crippen MR) is 69.7 cm³/mol. The molecule has 1 fully saturated rings. The molecule has 3 rings (SSSR count). The molecule has 0 amide bonds. The van der Waals surface area contributed by atoms with Gasteiger partial charge in [-0.2, -0.15) is 5.10 Å². The topological polar surface area (TPSA) is 46.8 Å². The van der Waals surface area contributed by atoms with Gasteiger partial charge in [0.1, 0.15) is 11.6 Å². The summed E-state index contributed by atoms with van der Waals surface area (Å²) < 4.78 is 1.90. The third kappa shape index (κ3) is 2.31. The van der Waals surface area contributed by atoms with Gasteiger partial charge >= 0.3 is 0 Å². The number of aromatic nitrogens is 4. The van der Waals surface area contributed by atoms with Crippen molar-refractivity contribution in [2.75, 3.05) is 18.0 Å². The molecule has 0 aromatic carbocycles. The molecule has 18 heavy (non-hydrogen) atoms. The Kier molecular flexibility index (Phi) is 2.91. The van der Waals surface area contributed by atoms with E-state index in [0.29, 0.717) is 10.9 Å². The first-order valence-corrected chi connectivity index (χ1v) is 6.31. The van der Waals surface area contributed by atoms with Gasteiger partial charge in [-0.1, -0.05) is 11.6 Å². The van der Waals surface area contributed by atoms with Crippen LogP contribution in [0, 0.1) is 12.8 Å². The first-order chi connectivity index (χ1) is 8.70. The molecule has 0 atom stereocenters. The lowest BCUT2D eigenvalue weighted by molar-refractivity contribution is 0.340. The van der Waals surface area contributed by atoms with E-state index in [4.69, 9.17) is 11.6 Å². The fourth-order valence-electron chi connectivity index (χ4n) is 2.19. The van der Waals surface area contributed by atoms with Crippen LogP contribution in [0.5, 0.6) is 0 Å². The van der Waals surface area contributed by atoms with Crippen molar-refractivity contribution in [3.05, 3.63) is 35.5 Å². The molecule has 5 nitrogen and oxygen atoms in total. The minimum absolute atomic E-state index is 0.608. The first kappa shape index (κ1) is 11.5. The van der Waals surface area contributed by atoms with Gasteiger partial charge in [-0.15, -0.1) is 0 Å². The van der Waals surface area contributed by atoms with Crippen LogP contribution in [0.3, 0.4) is 0 Å². The van der Waals surface area contributed by atoms with Crippen LogP contribution in [0.1, 0.15) is 5.82 Å². The van der Waals surface area contributed by atoms with E-state index in [-0.39, 0.29) is 0 Å². The number of anilines is 1. The fourth-order valence-corrected chi connectivity index (χ4v) is 2.35. The molecule has 0 radical (unpaired) electrons. The summed E-state index contributed by atoms with van der Waals surface area (Å²) in [4.78, 5) is 10.8. The van der Waals surface area contributed by atoms with Gasteiger partial charge in [0.2, 0.25) is 0 Å². The average Bonchev–Trinajstić information content (AvgIpc) is 2.69. The minimum atomic E-state index is 0.608. The van der Waals surface area contributed by atoms with Gasteiger partial charge in [-0.25, -0.2) is 9.97 Å². The molecule has 94 valence electrons. The monoisotopic (exact) mass is 263 g/mol. The predicted octanol–water partition coefficient (Wildman–Crippen LogP) is 1.77. The molecule has 0 spiro atoms. The molecule has 1 aliphatic heterocycles. The molecule has 6 heteroatoms. The maximum absolute atomic E-state index is 5.84. The highest BCUT2D eigenvalue weighted by Gasteiger charge is 2.28. The molecule has 1 saturated heterocycles. The second-order valence-corrected chi connectivity index (χ2v) is 5.05. The Morgan fingerprint density at radius 2 is 2.28 bits per heavy atom. The Hall–Kier alpha value is -1.62. The molecule has 1 aliphatic rings. The van der Waals surface area contributed by atoms with Crippen molar-refractivity contribution in [3.8, 4) is 0 Å². The SMILES string of the molecule is Cc1nccc(N2CC(Cn3cc(Cl)cn3)C2)n1. The second kappa shape index (κ2) is 4.57. The Labute approximate surface area is 110 Å². The molecule has 2 aromatic heterocycles. The molecule has 0 unspecified atom stereocenters. The Bertz CT molecular complexity index is 547. The zero-order valence-electron chi connectivity index (χ0n) is 10.1. The smallest absolute Gasteiger partial charge is 0.132 e. The molecule has 0 bridgehead atoms. The van der Waals surface area contributed by atoms with Crippen LogP contribution >= 0.6 is 11.6 Å². The van der Waals surface area contributed by atoms with Crippen molar-refractivity contribution in [1.29, 1.82) is 0 Å². The number of rotatable bonds is 3. The summed E-state index contributed by atoms with van der Waals surface area (Å²) in [6.45, 7) is 4.83. The van der Waals surface area contributed by atoms with Gasteiger partial charge in [0.05, 0.1) is 11.2 Å². The fraction of sp³-hybridized carbons (Fsp3) is 0.417. The number of aryl methyl sites for hydroxylation is 1. The summed E-state index contributed by atoms with van der Waals surface area (Å²) >= 11 is 5.84.